The second-order valence-corrected chi connectivity index (χ2v) is 5.69. The van der Waals surface area contributed by atoms with E-state index in [9.17, 15) is 4.79 Å². The second-order valence-electron chi connectivity index (χ2n) is 5.69. The average molecular weight is 256 g/mol. The Morgan fingerprint density at radius 1 is 1.33 bits per heavy atom. The summed E-state index contributed by atoms with van der Waals surface area (Å²) >= 11 is 0. The highest BCUT2D eigenvalue weighted by atomic mass is 16.5. The zero-order valence-electron chi connectivity index (χ0n) is 12.3. The molecule has 0 spiro atoms. The number of hydrogen-bond donors (Lipinski definition) is 2. The molecule has 0 atom stereocenters. The molecule has 0 saturated carbocycles. The van der Waals surface area contributed by atoms with Crippen molar-refractivity contribution in [2.45, 2.75) is 52.0 Å². The summed E-state index contributed by atoms with van der Waals surface area (Å²) in [6.45, 7) is 8.67. The Morgan fingerprint density at radius 3 is 2.33 bits per heavy atom. The number of methoxy groups -OCH3 is 1. The largest absolute Gasteiger partial charge is 0.384 e. The van der Waals surface area contributed by atoms with E-state index in [4.69, 9.17) is 4.74 Å². The molecule has 0 aromatic carbocycles. The van der Waals surface area contributed by atoms with Gasteiger partial charge in [0.25, 0.3) is 0 Å². The molecule has 1 amide bonds. The molecular weight excluding hydrogens is 228 g/mol. The van der Waals surface area contributed by atoms with Crippen molar-refractivity contribution in [1.82, 2.24) is 10.6 Å². The fourth-order valence-corrected chi connectivity index (χ4v) is 2.45. The van der Waals surface area contributed by atoms with Crippen molar-refractivity contribution in [2.24, 2.45) is 5.41 Å². The van der Waals surface area contributed by atoms with Gasteiger partial charge in [-0.2, -0.15) is 0 Å². The molecule has 4 nitrogen and oxygen atoms in total. The summed E-state index contributed by atoms with van der Waals surface area (Å²) in [6, 6.07) is 0. The molecule has 1 aliphatic rings. The van der Waals surface area contributed by atoms with Gasteiger partial charge in [-0.25, -0.2) is 0 Å². The topological polar surface area (TPSA) is 50.4 Å². The van der Waals surface area contributed by atoms with Gasteiger partial charge in [-0.3, -0.25) is 4.79 Å². The van der Waals surface area contributed by atoms with Gasteiger partial charge in [-0.15, -0.1) is 0 Å². The average Bonchev–Trinajstić information content (AvgIpc) is 2.40. The smallest absolute Gasteiger partial charge is 0.229 e. The van der Waals surface area contributed by atoms with E-state index in [1.807, 2.05) is 0 Å². The number of nitrogens with one attached hydrogen (secondary N) is 2. The van der Waals surface area contributed by atoms with Gasteiger partial charge in [0, 0.05) is 12.6 Å². The van der Waals surface area contributed by atoms with Crippen LogP contribution in [-0.2, 0) is 9.53 Å². The van der Waals surface area contributed by atoms with Gasteiger partial charge >= 0.3 is 0 Å². The number of hydrogen-bond acceptors (Lipinski definition) is 3. The van der Waals surface area contributed by atoms with Crippen LogP contribution >= 0.6 is 0 Å². The minimum absolute atomic E-state index is 0.0945. The monoisotopic (exact) mass is 256 g/mol. The molecule has 1 fully saturated rings. The molecular formula is C14H28N2O2. The summed E-state index contributed by atoms with van der Waals surface area (Å²) in [5.41, 5.74) is -0.436. The second kappa shape index (κ2) is 6.53. The minimum atomic E-state index is -0.342. The van der Waals surface area contributed by atoms with Gasteiger partial charge in [-0.1, -0.05) is 13.8 Å². The number of ether oxygens (including phenoxy) is 1. The number of carbonyl (C=O) groups excluding carboxylic acids is 1. The minimum Gasteiger partial charge on any atom is -0.384 e. The van der Waals surface area contributed by atoms with Crippen LogP contribution < -0.4 is 10.6 Å². The van der Waals surface area contributed by atoms with E-state index in [0.29, 0.717) is 6.61 Å². The van der Waals surface area contributed by atoms with E-state index in [0.717, 1.165) is 38.8 Å². The third-order valence-corrected chi connectivity index (χ3v) is 4.44. The maximum absolute atomic E-state index is 12.6. The molecule has 1 rings (SSSR count). The van der Waals surface area contributed by atoms with Crippen molar-refractivity contribution in [1.29, 1.82) is 0 Å². The van der Waals surface area contributed by atoms with E-state index in [-0.39, 0.29) is 16.9 Å². The Kier molecular flexibility index (Phi) is 5.60. The summed E-state index contributed by atoms with van der Waals surface area (Å²) in [4.78, 5) is 12.6. The predicted octanol–water partition coefficient (Wildman–Crippen LogP) is 1.70. The van der Waals surface area contributed by atoms with Gasteiger partial charge in [0.2, 0.25) is 5.91 Å². The molecule has 1 aliphatic heterocycles. The van der Waals surface area contributed by atoms with E-state index in [2.05, 4.69) is 31.4 Å². The quantitative estimate of drug-likeness (QED) is 0.760. The van der Waals surface area contributed by atoms with E-state index >= 15 is 0 Å². The Labute approximate surface area is 111 Å². The van der Waals surface area contributed by atoms with Gasteiger partial charge in [-0.05, 0) is 45.7 Å². The molecule has 1 heterocycles. The Bertz CT molecular complexity index is 263. The molecule has 0 aromatic rings. The van der Waals surface area contributed by atoms with Crippen LogP contribution in [0.1, 0.15) is 46.5 Å². The molecule has 18 heavy (non-hydrogen) atoms. The third kappa shape index (κ3) is 3.45. The van der Waals surface area contributed by atoms with Gasteiger partial charge in [0.15, 0.2) is 0 Å². The molecule has 0 bridgehead atoms. The summed E-state index contributed by atoms with van der Waals surface area (Å²) < 4.78 is 5.30. The van der Waals surface area contributed by atoms with Crippen LogP contribution in [0.15, 0.2) is 0 Å². The lowest BCUT2D eigenvalue weighted by molar-refractivity contribution is -0.138. The van der Waals surface area contributed by atoms with Crippen LogP contribution in [0.25, 0.3) is 0 Å². The van der Waals surface area contributed by atoms with E-state index in [1.165, 1.54) is 0 Å². The fourth-order valence-electron chi connectivity index (χ4n) is 2.45. The van der Waals surface area contributed by atoms with Gasteiger partial charge in [0.1, 0.15) is 0 Å². The Morgan fingerprint density at radius 2 is 1.89 bits per heavy atom. The fraction of sp³-hybridized carbons (Fsp3) is 0.929. The first-order valence-corrected chi connectivity index (χ1v) is 7.04. The lowest BCUT2D eigenvalue weighted by Crippen LogP contribution is -2.56. The van der Waals surface area contributed by atoms with E-state index < -0.39 is 0 Å². The number of piperidine rings is 1. The molecule has 0 aliphatic carbocycles. The molecule has 2 N–H and O–H groups in total. The van der Waals surface area contributed by atoms with Crippen molar-refractivity contribution in [3.63, 3.8) is 0 Å². The van der Waals surface area contributed by atoms with Crippen LogP contribution in [0.2, 0.25) is 0 Å². The summed E-state index contributed by atoms with van der Waals surface area (Å²) in [6.07, 6.45) is 3.62. The molecule has 1 saturated heterocycles. The van der Waals surface area contributed by atoms with Crippen molar-refractivity contribution >= 4 is 5.91 Å². The molecule has 106 valence electrons. The molecule has 0 aromatic heterocycles. The summed E-state index contributed by atoms with van der Waals surface area (Å²) in [7, 11) is 1.68. The first-order chi connectivity index (χ1) is 8.52. The highest BCUT2D eigenvalue weighted by Gasteiger charge is 2.41. The van der Waals surface area contributed by atoms with Crippen LogP contribution in [0, 0.1) is 5.41 Å². The van der Waals surface area contributed by atoms with E-state index in [1.54, 1.807) is 7.11 Å². The number of amides is 1. The lowest BCUT2D eigenvalue weighted by Gasteiger charge is -2.39. The first kappa shape index (κ1) is 15.4. The Hall–Kier alpha value is -0.610. The van der Waals surface area contributed by atoms with Crippen LogP contribution in [-0.4, -0.2) is 38.3 Å². The van der Waals surface area contributed by atoms with Gasteiger partial charge < -0.3 is 15.4 Å². The van der Waals surface area contributed by atoms with Crippen molar-refractivity contribution in [2.75, 3.05) is 26.8 Å². The normalized spacial score (nSPS) is 19.6. The first-order valence-electron chi connectivity index (χ1n) is 7.04. The molecule has 0 radical (unpaired) electrons. The number of carbonyl (C=O) groups is 1. The van der Waals surface area contributed by atoms with Crippen LogP contribution in [0.5, 0.6) is 0 Å². The zero-order chi connectivity index (χ0) is 13.6. The predicted molar refractivity (Wildman–Crippen MR) is 73.5 cm³/mol. The lowest BCUT2D eigenvalue weighted by atomic mass is 9.77. The SMILES string of the molecule is CCC(C)(CC)NC(=O)C1(COC)CCNCC1. The summed E-state index contributed by atoms with van der Waals surface area (Å²) in [5, 5.41) is 6.55. The zero-order valence-corrected chi connectivity index (χ0v) is 12.3. The standard InChI is InChI=1S/C14H28N2O2/c1-5-13(3,6-2)16-12(17)14(11-18-4)7-9-15-10-8-14/h15H,5-11H2,1-4H3,(H,16,17). The van der Waals surface area contributed by atoms with Crippen LogP contribution in [0.4, 0.5) is 0 Å². The Balaban J connectivity index is 2.76. The van der Waals surface area contributed by atoms with Crippen molar-refractivity contribution < 1.29 is 9.53 Å². The van der Waals surface area contributed by atoms with Crippen LogP contribution in [0.3, 0.4) is 0 Å². The van der Waals surface area contributed by atoms with Gasteiger partial charge in [0.05, 0.1) is 12.0 Å². The van der Waals surface area contributed by atoms with Crippen molar-refractivity contribution in [3.05, 3.63) is 0 Å². The number of rotatable bonds is 6. The molecule has 4 heteroatoms. The maximum Gasteiger partial charge on any atom is 0.229 e. The van der Waals surface area contributed by atoms with Crippen molar-refractivity contribution in [3.8, 4) is 0 Å². The maximum atomic E-state index is 12.6. The third-order valence-electron chi connectivity index (χ3n) is 4.44. The highest BCUT2D eigenvalue weighted by Crippen LogP contribution is 2.30. The summed E-state index contributed by atoms with van der Waals surface area (Å²) in [5.74, 6) is 0.164. The highest BCUT2D eigenvalue weighted by molar-refractivity contribution is 5.83. The molecule has 0 unspecified atom stereocenters.